The normalized spacial score (nSPS) is 12.2. The van der Waals surface area contributed by atoms with Crippen LogP contribution in [0.15, 0.2) is 24.5 Å². The molecule has 0 radical (unpaired) electrons. The molecule has 0 fully saturated rings. The first-order valence-electron chi connectivity index (χ1n) is 5.15. The monoisotopic (exact) mass is 243 g/mol. The number of nitrogens with one attached hydrogen (secondary N) is 1. The number of hydrogen-bond acceptors (Lipinski definition) is 2. The molecule has 2 aromatic rings. The number of pyridine rings is 1. The van der Waals surface area contributed by atoms with E-state index in [9.17, 15) is 13.2 Å². The van der Waals surface area contributed by atoms with Crippen molar-refractivity contribution in [2.24, 2.45) is 0 Å². The zero-order chi connectivity index (χ0) is 12.5. The van der Waals surface area contributed by atoms with Gasteiger partial charge in [0.25, 0.3) is 0 Å². The molecule has 0 spiro atoms. The van der Waals surface area contributed by atoms with E-state index in [2.05, 4.69) is 10.3 Å². The summed E-state index contributed by atoms with van der Waals surface area (Å²) in [5.41, 5.74) is 1.19. The molecule has 0 saturated carbocycles. The lowest BCUT2D eigenvalue weighted by atomic mass is 10.2. The summed E-state index contributed by atoms with van der Waals surface area (Å²) in [6.45, 7) is -0.489. The molecule has 0 unspecified atom stereocenters. The third-order valence-electron chi connectivity index (χ3n) is 2.43. The molecule has 0 saturated heterocycles. The van der Waals surface area contributed by atoms with E-state index in [1.807, 2.05) is 0 Å². The Balaban J connectivity index is 2.48. The van der Waals surface area contributed by atoms with Crippen LogP contribution >= 0.6 is 0 Å². The summed E-state index contributed by atoms with van der Waals surface area (Å²) < 4.78 is 38.3. The van der Waals surface area contributed by atoms with Crippen LogP contribution in [0.4, 0.5) is 13.2 Å². The van der Waals surface area contributed by atoms with Crippen molar-refractivity contribution in [3.8, 4) is 0 Å². The molecule has 0 bridgehead atoms. The van der Waals surface area contributed by atoms with E-state index >= 15 is 0 Å². The van der Waals surface area contributed by atoms with Crippen LogP contribution in [-0.4, -0.2) is 22.8 Å². The number of hydrogen-bond donors (Lipinski definition) is 1. The number of nitrogens with zero attached hydrogens (tertiary/aromatic N) is 2. The van der Waals surface area contributed by atoms with E-state index in [-0.39, 0.29) is 0 Å². The highest BCUT2D eigenvalue weighted by molar-refractivity contribution is 5.80. The van der Waals surface area contributed by atoms with E-state index in [1.54, 1.807) is 19.2 Å². The molecule has 2 heterocycles. The quantitative estimate of drug-likeness (QED) is 0.896. The SMILES string of the molecule is CNCc1cn(CC(F)(F)F)c2ncccc12. The second kappa shape index (κ2) is 4.37. The van der Waals surface area contributed by atoms with Crippen molar-refractivity contribution in [2.75, 3.05) is 7.05 Å². The Labute approximate surface area is 96.3 Å². The fourth-order valence-corrected chi connectivity index (χ4v) is 1.84. The molecule has 6 heteroatoms. The molecular formula is C11H12F3N3. The maximum atomic E-state index is 12.4. The zero-order valence-electron chi connectivity index (χ0n) is 9.25. The van der Waals surface area contributed by atoms with Gasteiger partial charge in [0.15, 0.2) is 0 Å². The minimum Gasteiger partial charge on any atom is -0.323 e. The number of rotatable bonds is 3. The van der Waals surface area contributed by atoms with Gasteiger partial charge in [-0.2, -0.15) is 13.2 Å². The average Bonchev–Trinajstić information content (AvgIpc) is 2.56. The maximum absolute atomic E-state index is 12.4. The molecule has 0 amide bonds. The first kappa shape index (κ1) is 11.9. The van der Waals surface area contributed by atoms with Crippen molar-refractivity contribution in [2.45, 2.75) is 19.3 Å². The third kappa shape index (κ3) is 2.58. The van der Waals surface area contributed by atoms with Gasteiger partial charge >= 0.3 is 6.18 Å². The van der Waals surface area contributed by atoms with Crippen LogP contribution in [0, 0.1) is 0 Å². The molecular weight excluding hydrogens is 231 g/mol. The molecule has 17 heavy (non-hydrogen) atoms. The fraction of sp³-hybridized carbons (Fsp3) is 0.364. The summed E-state index contributed by atoms with van der Waals surface area (Å²) in [5.74, 6) is 0. The van der Waals surface area contributed by atoms with Crippen LogP contribution in [0.2, 0.25) is 0 Å². The van der Waals surface area contributed by atoms with Crippen LogP contribution in [0.1, 0.15) is 5.56 Å². The highest BCUT2D eigenvalue weighted by Gasteiger charge is 2.29. The Morgan fingerprint density at radius 3 is 2.82 bits per heavy atom. The second-order valence-corrected chi connectivity index (χ2v) is 3.80. The lowest BCUT2D eigenvalue weighted by Gasteiger charge is -2.07. The summed E-state index contributed by atoms with van der Waals surface area (Å²) >= 11 is 0. The first-order chi connectivity index (χ1) is 8.01. The predicted octanol–water partition coefficient (Wildman–Crippen LogP) is 2.32. The van der Waals surface area contributed by atoms with Gasteiger partial charge in [0.2, 0.25) is 0 Å². The van der Waals surface area contributed by atoms with Crippen molar-refractivity contribution < 1.29 is 13.2 Å². The van der Waals surface area contributed by atoms with Crippen molar-refractivity contribution in [3.05, 3.63) is 30.1 Å². The topological polar surface area (TPSA) is 29.9 Å². The van der Waals surface area contributed by atoms with Crippen molar-refractivity contribution >= 4 is 11.0 Å². The summed E-state index contributed by atoms with van der Waals surface area (Å²) in [5, 5.41) is 3.69. The van der Waals surface area contributed by atoms with Gasteiger partial charge in [0.1, 0.15) is 12.2 Å². The Bertz CT molecular complexity index is 516. The lowest BCUT2D eigenvalue weighted by molar-refractivity contribution is -0.139. The molecule has 0 aromatic carbocycles. The first-order valence-corrected chi connectivity index (χ1v) is 5.15. The number of halogens is 3. The van der Waals surface area contributed by atoms with Gasteiger partial charge in [-0.3, -0.25) is 0 Å². The molecule has 2 aromatic heterocycles. The fourth-order valence-electron chi connectivity index (χ4n) is 1.84. The van der Waals surface area contributed by atoms with Gasteiger partial charge < -0.3 is 9.88 Å². The minimum absolute atomic E-state index is 0.370. The molecule has 0 aliphatic carbocycles. The Hall–Kier alpha value is -1.56. The molecule has 92 valence electrons. The lowest BCUT2D eigenvalue weighted by Crippen LogP contribution is -2.17. The Morgan fingerprint density at radius 1 is 1.41 bits per heavy atom. The van der Waals surface area contributed by atoms with Crippen LogP contribution in [0.3, 0.4) is 0 Å². The molecule has 2 rings (SSSR count). The number of alkyl halides is 3. The van der Waals surface area contributed by atoms with Crippen LogP contribution in [0.5, 0.6) is 0 Å². The van der Waals surface area contributed by atoms with Crippen molar-refractivity contribution in [1.29, 1.82) is 0 Å². The van der Waals surface area contributed by atoms with E-state index in [0.717, 1.165) is 15.5 Å². The van der Waals surface area contributed by atoms with Gasteiger partial charge in [-0.1, -0.05) is 0 Å². The Kier molecular flexibility index (Phi) is 3.06. The summed E-state index contributed by atoms with van der Waals surface area (Å²) in [4.78, 5) is 4.00. The van der Waals surface area contributed by atoms with Crippen LogP contribution in [0.25, 0.3) is 11.0 Å². The van der Waals surface area contributed by atoms with E-state index in [0.29, 0.717) is 12.2 Å². The smallest absolute Gasteiger partial charge is 0.323 e. The highest BCUT2D eigenvalue weighted by Crippen LogP contribution is 2.24. The number of aromatic nitrogens is 2. The standard InChI is InChI=1S/C11H12F3N3/c1-15-5-8-6-17(7-11(12,13)14)10-9(8)3-2-4-16-10/h2-4,6,15H,5,7H2,1H3. The Morgan fingerprint density at radius 2 is 2.18 bits per heavy atom. The van der Waals surface area contributed by atoms with Gasteiger partial charge in [0, 0.05) is 24.3 Å². The molecule has 0 aliphatic rings. The largest absolute Gasteiger partial charge is 0.406 e. The zero-order valence-corrected chi connectivity index (χ0v) is 9.25. The molecule has 1 N–H and O–H groups in total. The summed E-state index contributed by atoms with van der Waals surface area (Å²) in [7, 11) is 1.75. The second-order valence-electron chi connectivity index (χ2n) is 3.80. The van der Waals surface area contributed by atoms with Gasteiger partial charge in [0.05, 0.1) is 0 Å². The maximum Gasteiger partial charge on any atom is 0.406 e. The third-order valence-corrected chi connectivity index (χ3v) is 2.43. The van der Waals surface area contributed by atoms with Gasteiger partial charge in [-0.25, -0.2) is 4.98 Å². The average molecular weight is 243 g/mol. The minimum atomic E-state index is -4.24. The van der Waals surface area contributed by atoms with Crippen LogP contribution < -0.4 is 5.32 Å². The van der Waals surface area contributed by atoms with Gasteiger partial charge in [-0.15, -0.1) is 0 Å². The molecule has 0 aliphatic heterocycles. The molecule has 0 atom stereocenters. The molecule has 3 nitrogen and oxygen atoms in total. The van der Waals surface area contributed by atoms with E-state index < -0.39 is 12.7 Å². The number of fused-ring (bicyclic) bond motifs is 1. The summed E-state index contributed by atoms with van der Waals surface area (Å²) in [6, 6.07) is 3.50. The highest BCUT2D eigenvalue weighted by atomic mass is 19.4. The predicted molar refractivity (Wildman–Crippen MR) is 58.6 cm³/mol. The van der Waals surface area contributed by atoms with E-state index in [4.69, 9.17) is 0 Å². The van der Waals surface area contributed by atoms with E-state index in [1.165, 1.54) is 12.4 Å². The summed E-state index contributed by atoms with van der Waals surface area (Å²) in [6.07, 6.45) is -1.24. The van der Waals surface area contributed by atoms with Crippen molar-refractivity contribution in [3.63, 3.8) is 0 Å². The van der Waals surface area contributed by atoms with Crippen molar-refractivity contribution in [1.82, 2.24) is 14.9 Å². The van der Waals surface area contributed by atoms with Crippen LogP contribution in [-0.2, 0) is 13.1 Å². The van der Waals surface area contributed by atoms with Gasteiger partial charge in [-0.05, 0) is 24.7 Å².